The number of aromatic nitrogens is 2. The molecule has 0 radical (unpaired) electrons. The van der Waals surface area contributed by atoms with E-state index in [1.54, 1.807) is 18.2 Å². The summed E-state index contributed by atoms with van der Waals surface area (Å²) < 4.78 is 40.2. The highest BCUT2D eigenvalue weighted by Gasteiger charge is 2.30. The van der Waals surface area contributed by atoms with E-state index in [1.807, 2.05) is 39.0 Å². The number of carbonyl (C=O) groups is 1. The summed E-state index contributed by atoms with van der Waals surface area (Å²) in [4.78, 5) is 12.5. The average molecular weight is 446 g/mol. The predicted molar refractivity (Wildman–Crippen MR) is 116 cm³/mol. The third-order valence-corrected chi connectivity index (χ3v) is 4.77. The van der Waals surface area contributed by atoms with Gasteiger partial charge in [0.2, 0.25) is 0 Å². The molecule has 0 saturated heterocycles. The van der Waals surface area contributed by atoms with Gasteiger partial charge in [-0.3, -0.25) is 5.32 Å². The Hall–Kier alpha value is -3.33. The fourth-order valence-electron chi connectivity index (χ4n) is 3.02. The van der Waals surface area contributed by atoms with Gasteiger partial charge in [0, 0.05) is 17.2 Å². The number of halogens is 3. The molecule has 0 aliphatic heterocycles. The largest absolute Gasteiger partial charge is 0.416 e. The molecular formula is C23H25F3N4O2. The van der Waals surface area contributed by atoms with Crippen LogP contribution in [0, 0.1) is 0 Å². The summed E-state index contributed by atoms with van der Waals surface area (Å²) in [6.45, 7) is 5.96. The molecule has 1 atom stereocenters. The molecule has 0 saturated carbocycles. The van der Waals surface area contributed by atoms with Crippen LogP contribution in [-0.2, 0) is 18.1 Å². The van der Waals surface area contributed by atoms with Gasteiger partial charge in [0.15, 0.2) is 0 Å². The van der Waals surface area contributed by atoms with Crippen LogP contribution in [0.5, 0.6) is 0 Å². The van der Waals surface area contributed by atoms with Crippen LogP contribution in [0.2, 0.25) is 0 Å². The number of carbonyl (C=O) groups excluding carboxylic acids is 1. The number of amides is 2. The zero-order valence-electron chi connectivity index (χ0n) is 17.9. The fourth-order valence-corrected chi connectivity index (χ4v) is 3.02. The third kappa shape index (κ3) is 5.88. The van der Waals surface area contributed by atoms with Crippen LogP contribution in [0.4, 0.5) is 29.5 Å². The molecule has 3 N–H and O–H groups in total. The maximum Gasteiger partial charge on any atom is 0.416 e. The number of anilines is 2. The summed E-state index contributed by atoms with van der Waals surface area (Å²) in [5.41, 5.74) is 0.202. The van der Waals surface area contributed by atoms with E-state index in [9.17, 15) is 23.1 Å². The van der Waals surface area contributed by atoms with Crippen molar-refractivity contribution in [1.29, 1.82) is 0 Å². The SMILES string of the molecule is CC(C)(C)c1cc(NC(=O)Nc2cccc(C(F)(F)F)c2)n(CC(O)c2ccccc2)n1. The van der Waals surface area contributed by atoms with E-state index in [1.165, 1.54) is 16.8 Å². The number of aliphatic hydroxyl groups is 1. The molecule has 0 fully saturated rings. The molecule has 1 unspecified atom stereocenters. The lowest BCUT2D eigenvalue weighted by Crippen LogP contribution is -2.23. The van der Waals surface area contributed by atoms with Gasteiger partial charge in [-0.1, -0.05) is 57.2 Å². The third-order valence-electron chi connectivity index (χ3n) is 4.77. The molecule has 3 rings (SSSR count). The predicted octanol–water partition coefficient (Wildman–Crippen LogP) is 5.58. The zero-order chi connectivity index (χ0) is 23.5. The minimum Gasteiger partial charge on any atom is -0.386 e. The Morgan fingerprint density at radius 3 is 2.34 bits per heavy atom. The number of benzene rings is 2. The molecule has 32 heavy (non-hydrogen) atoms. The molecule has 1 aromatic heterocycles. The van der Waals surface area contributed by atoms with E-state index in [0.29, 0.717) is 17.1 Å². The molecule has 2 amide bonds. The first-order valence-corrected chi connectivity index (χ1v) is 10.00. The van der Waals surface area contributed by atoms with Crippen LogP contribution in [0.3, 0.4) is 0 Å². The van der Waals surface area contributed by atoms with Gasteiger partial charge in [-0.15, -0.1) is 0 Å². The Morgan fingerprint density at radius 2 is 1.72 bits per heavy atom. The number of alkyl halides is 3. The number of nitrogens with zero attached hydrogens (tertiary/aromatic N) is 2. The van der Waals surface area contributed by atoms with E-state index in [0.717, 1.165) is 12.1 Å². The highest BCUT2D eigenvalue weighted by molar-refractivity contribution is 5.99. The molecule has 0 aliphatic rings. The van der Waals surface area contributed by atoms with Crippen molar-refractivity contribution in [2.75, 3.05) is 10.6 Å². The van der Waals surface area contributed by atoms with Crippen LogP contribution >= 0.6 is 0 Å². The van der Waals surface area contributed by atoms with E-state index >= 15 is 0 Å². The number of nitrogens with one attached hydrogen (secondary N) is 2. The molecule has 0 aliphatic carbocycles. The van der Waals surface area contributed by atoms with E-state index in [-0.39, 0.29) is 17.6 Å². The Labute approximate surface area is 184 Å². The molecule has 0 spiro atoms. The summed E-state index contributed by atoms with van der Waals surface area (Å²) in [7, 11) is 0. The van der Waals surface area contributed by atoms with Gasteiger partial charge in [-0.05, 0) is 23.8 Å². The molecule has 3 aromatic rings. The quantitative estimate of drug-likeness (QED) is 0.479. The van der Waals surface area contributed by atoms with Crippen molar-refractivity contribution < 1.29 is 23.1 Å². The van der Waals surface area contributed by atoms with Crippen LogP contribution in [0.15, 0.2) is 60.7 Å². The van der Waals surface area contributed by atoms with Gasteiger partial charge in [0.1, 0.15) is 5.82 Å². The van der Waals surface area contributed by atoms with Gasteiger partial charge in [-0.2, -0.15) is 18.3 Å². The van der Waals surface area contributed by atoms with Crippen molar-refractivity contribution >= 4 is 17.5 Å². The normalized spacial score (nSPS) is 13.0. The topological polar surface area (TPSA) is 79.2 Å². The van der Waals surface area contributed by atoms with Crippen LogP contribution < -0.4 is 10.6 Å². The van der Waals surface area contributed by atoms with Gasteiger partial charge in [-0.25, -0.2) is 9.48 Å². The lowest BCUT2D eigenvalue weighted by atomic mass is 9.92. The minimum atomic E-state index is -4.51. The van der Waals surface area contributed by atoms with Crippen LogP contribution in [-0.4, -0.2) is 20.9 Å². The summed E-state index contributed by atoms with van der Waals surface area (Å²) in [5.74, 6) is 0.314. The van der Waals surface area contributed by atoms with E-state index in [4.69, 9.17) is 0 Å². The van der Waals surface area contributed by atoms with Gasteiger partial charge >= 0.3 is 12.2 Å². The lowest BCUT2D eigenvalue weighted by Gasteiger charge is -2.15. The van der Waals surface area contributed by atoms with Crippen molar-refractivity contribution in [2.45, 2.75) is 45.0 Å². The highest BCUT2D eigenvalue weighted by atomic mass is 19.4. The van der Waals surface area contributed by atoms with Crippen molar-refractivity contribution in [3.8, 4) is 0 Å². The van der Waals surface area contributed by atoms with Crippen molar-refractivity contribution in [3.05, 3.63) is 77.5 Å². The molecule has 9 heteroatoms. The second kappa shape index (κ2) is 9.04. The smallest absolute Gasteiger partial charge is 0.386 e. The summed E-state index contributed by atoms with van der Waals surface area (Å²) in [6, 6.07) is 14.4. The second-order valence-corrected chi connectivity index (χ2v) is 8.43. The second-order valence-electron chi connectivity index (χ2n) is 8.43. The zero-order valence-corrected chi connectivity index (χ0v) is 17.9. The van der Waals surface area contributed by atoms with Crippen molar-refractivity contribution in [2.24, 2.45) is 0 Å². The number of hydrogen-bond donors (Lipinski definition) is 3. The molecule has 170 valence electrons. The Balaban J connectivity index is 1.80. The fraction of sp³-hybridized carbons (Fsp3) is 0.304. The van der Waals surface area contributed by atoms with Gasteiger partial charge in [0.05, 0.1) is 23.9 Å². The molecule has 0 bridgehead atoms. The summed E-state index contributed by atoms with van der Waals surface area (Å²) in [6.07, 6.45) is -5.38. The van der Waals surface area contributed by atoms with Gasteiger partial charge < -0.3 is 10.4 Å². The Kier molecular flexibility index (Phi) is 6.59. The summed E-state index contributed by atoms with van der Waals surface area (Å²) >= 11 is 0. The maximum absolute atomic E-state index is 12.9. The van der Waals surface area contributed by atoms with Crippen molar-refractivity contribution in [3.63, 3.8) is 0 Å². The number of urea groups is 1. The number of hydrogen-bond acceptors (Lipinski definition) is 3. The number of rotatable bonds is 5. The van der Waals surface area contributed by atoms with Gasteiger partial charge in [0.25, 0.3) is 0 Å². The monoisotopic (exact) mass is 446 g/mol. The highest BCUT2D eigenvalue weighted by Crippen LogP contribution is 2.31. The van der Waals surface area contributed by atoms with Crippen molar-refractivity contribution in [1.82, 2.24) is 9.78 Å². The summed E-state index contributed by atoms with van der Waals surface area (Å²) in [5, 5.41) is 20.1. The van der Waals surface area contributed by atoms with Crippen LogP contribution in [0.1, 0.15) is 43.7 Å². The lowest BCUT2D eigenvalue weighted by molar-refractivity contribution is -0.137. The van der Waals surface area contributed by atoms with Crippen LogP contribution in [0.25, 0.3) is 0 Å². The maximum atomic E-state index is 12.9. The standard InChI is InChI=1S/C23H25F3N4O2/c1-22(2,3)19-13-20(30(29-19)14-18(31)15-8-5-4-6-9-15)28-21(32)27-17-11-7-10-16(12-17)23(24,25)26/h4-13,18,31H,14H2,1-3H3,(H2,27,28,32). The first kappa shape index (κ1) is 23.3. The molecule has 1 heterocycles. The first-order valence-electron chi connectivity index (χ1n) is 10.00. The van der Waals surface area contributed by atoms with E-state index < -0.39 is 23.9 Å². The Bertz CT molecular complexity index is 1070. The molecule has 6 nitrogen and oxygen atoms in total. The minimum absolute atomic E-state index is 0.00348. The molecule has 2 aromatic carbocycles. The molecular weight excluding hydrogens is 421 g/mol. The Morgan fingerprint density at radius 1 is 1.03 bits per heavy atom. The average Bonchev–Trinajstić information content (AvgIpc) is 3.10. The number of aliphatic hydroxyl groups excluding tert-OH is 1. The first-order chi connectivity index (χ1) is 14.9. The van der Waals surface area contributed by atoms with E-state index in [2.05, 4.69) is 15.7 Å².